The Morgan fingerprint density at radius 1 is 1.62 bits per heavy atom. The van der Waals surface area contributed by atoms with Crippen molar-refractivity contribution in [3.05, 3.63) is 12.2 Å². The first kappa shape index (κ1) is 10.3. The number of ether oxygens (including phenoxy) is 1. The highest BCUT2D eigenvalue weighted by Gasteiger charge is 2.22. The lowest BCUT2D eigenvalue weighted by atomic mass is 10.3. The van der Waals surface area contributed by atoms with Gasteiger partial charge < -0.3 is 9.64 Å². The largest absolute Gasteiger partial charge is 0.377 e. The Labute approximate surface area is 79.4 Å². The van der Waals surface area contributed by atoms with Crippen molar-refractivity contribution in [2.45, 2.75) is 26.4 Å². The molecule has 74 valence electrons. The highest BCUT2D eigenvalue weighted by molar-refractivity contribution is 5.82. The van der Waals surface area contributed by atoms with Gasteiger partial charge in [0.05, 0.1) is 12.7 Å². The predicted molar refractivity (Wildman–Crippen MR) is 51.4 cm³/mol. The second kappa shape index (κ2) is 4.42. The van der Waals surface area contributed by atoms with Crippen molar-refractivity contribution in [2.75, 3.05) is 19.7 Å². The summed E-state index contributed by atoms with van der Waals surface area (Å²) in [5, 5.41) is 0. The Balaban J connectivity index is 2.22. The maximum atomic E-state index is 11.3. The fourth-order valence-electron chi connectivity index (χ4n) is 1.34. The molecule has 0 aliphatic carbocycles. The average Bonchev–Trinajstić information content (AvgIpc) is 2.29. The zero-order valence-corrected chi connectivity index (χ0v) is 8.38. The van der Waals surface area contributed by atoms with Gasteiger partial charge in [0, 0.05) is 19.5 Å². The Bertz CT molecular complexity index is 211. The lowest BCUT2D eigenvalue weighted by Crippen LogP contribution is -2.29. The van der Waals surface area contributed by atoms with E-state index in [2.05, 4.69) is 6.58 Å². The molecule has 1 aliphatic heterocycles. The molecule has 0 saturated carbocycles. The Kier molecular flexibility index (Phi) is 3.48. The monoisotopic (exact) mass is 183 g/mol. The van der Waals surface area contributed by atoms with Crippen LogP contribution < -0.4 is 0 Å². The molecule has 3 heteroatoms. The molecule has 1 saturated heterocycles. The van der Waals surface area contributed by atoms with Crippen LogP contribution in [0.25, 0.3) is 0 Å². The highest BCUT2D eigenvalue weighted by Crippen LogP contribution is 2.13. The van der Waals surface area contributed by atoms with E-state index in [0.717, 1.165) is 5.57 Å². The van der Waals surface area contributed by atoms with Crippen molar-refractivity contribution in [2.24, 2.45) is 0 Å². The number of carbonyl (C=O) groups excluding carboxylic acids is 1. The van der Waals surface area contributed by atoms with Crippen molar-refractivity contribution >= 4 is 5.91 Å². The average molecular weight is 183 g/mol. The van der Waals surface area contributed by atoms with E-state index in [0.29, 0.717) is 26.1 Å². The number of hydrogen-bond acceptors (Lipinski definition) is 2. The zero-order chi connectivity index (χ0) is 9.84. The third kappa shape index (κ3) is 3.19. The zero-order valence-electron chi connectivity index (χ0n) is 8.38. The van der Waals surface area contributed by atoms with Gasteiger partial charge in [0.1, 0.15) is 0 Å². The van der Waals surface area contributed by atoms with Crippen LogP contribution in [-0.4, -0.2) is 36.6 Å². The lowest BCUT2D eigenvalue weighted by Gasteiger charge is -2.16. The maximum Gasteiger partial charge on any atom is 0.227 e. The van der Waals surface area contributed by atoms with Crippen LogP contribution in [0.4, 0.5) is 0 Å². The molecule has 0 unspecified atom stereocenters. The van der Waals surface area contributed by atoms with E-state index in [1.165, 1.54) is 0 Å². The van der Waals surface area contributed by atoms with Gasteiger partial charge in [0.15, 0.2) is 0 Å². The smallest absolute Gasteiger partial charge is 0.227 e. The molecular formula is C10H17NO2. The Morgan fingerprint density at radius 2 is 2.31 bits per heavy atom. The molecule has 1 heterocycles. The number of rotatable bonds is 4. The van der Waals surface area contributed by atoms with E-state index in [1.807, 2.05) is 13.8 Å². The predicted octanol–water partition coefficient (Wildman–Crippen LogP) is 1.20. The normalized spacial score (nSPS) is 17.6. The molecule has 0 N–H and O–H groups in total. The standard InChI is InChI=1S/C10H17NO2/c1-8(2)13-5-4-11-7-9(3)6-10(11)12/h8H,3-7H2,1-2H3. The molecular weight excluding hydrogens is 166 g/mol. The van der Waals surface area contributed by atoms with E-state index < -0.39 is 0 Å². The van der Waals surface area contributed by atoms with Crippen molar-refractivity contribution in [3.63, 3.8) is 0 Å². The fraction of sp³-hybridized carbons (Fsp3) is 0.700. The van der Waals surface area contributed by atoms with Crippen molar-refractivity contribution in [3.8, 4) is 0 Å². The van der Waals surface area contributed by atoms with Gasteiger partial charge in [-0.2, -0.15) is 0 Å². The van der Waals surface area contributed by atoms with E-state index >= 15 is 0 Å². The van der Waals surface area contributed by atoms with Gasteiger partial charge in [-0.25, -0.2) is 0 Å². The van der Waals surface area contributed by atoms with Crippen molar-refractivity contribution in [1.82, 2.24) is 4.90 Å². The number of hydrogen-bond donors (Lipinski definition) is 0. The van der Waals surface area contributed by atoms with Gasteiger partial charge in [0.2, 0.25) is 5.91 Å². The summed E-state index contributed by atoms with van der Waals surface area (Å²) in [7, 11) is 0. The fourth-order valence-corrected chi connectivity index (χ4v) is 1.34. The topological polar surface area (TPSA) is 29.5 Å². The SMILES string of the molecule is C=C1CC(=O)N(CCOC(C)C)C1. The summed E-state index contributed by atoms with van der Waals surface area (Å²) < 4.78 is 5.36. The number of amides is 1. The van der Waals surface area contributed by atoms with Crippen LogP contribution in [0.5, 0.6) is 0 Å². The molecule has 0 spiro atoms. The molecule has 1 amide bonds. The van der Waals surface area contributed by atoms with Crippen molar-refractivity contribution < 1.29 is 9.53 Å². The molecule has 3 nitrogen and oxygen atoms in total. The second-order valence-corrected chi connectivity index (χ2v) is 3.66. The van der Waals surface area contributed by atoms with Gasteiger partial charge in [-0.15, -0.1) is 0 Å². The molecule has 1 rings (SSSR count). The Morgan fingerprint density at radius 3 is 2.77 bits per heavy atom. The minimum Gasteiger partial charge on any atom is -0.377 e. The van der Waals surface area contributed by atoms with Crippen molar-refractivity contribution in [1.29, 1.82) is 0 Å². The molecule has 0 atom stereocenters. The lowest BCUT2D eigenvalue weighted by molar-refractivity contribution is -0.128. The first-order valence-electron chi connectivity index (χ1n) is 4.65. The summed E-state index contributed by atoms with van der Waals surface area (Å²) in [6.45, 7) is 9.80. The van der Waals surface area contributed by atoms with Gasteiger partial charge in [0.25, 0.3) is 0 Å². The molecule has 1 aliphatic rings. The summed E-state index contributed by atoms with van der Waals surface area (Å²) in [6.07, 6.45) is 0.753. The summed E-state index contributed by atoms with van der Waals surface area (Å²) in [4.78, 5) is 13.1. The Hall–Kier alpha value is -0.830. The molecule has 13 heavy (non-hydrogen) atoms. The first-order chi connectivity index (χ1) is 6.09. The van der Waals surface area contributed by atoms with E-state index in [1.54, 1.807) is 4.90 Å². The molecule has 1 fully saturated rings. The van der Waals surface area contributed by atoms with Crippen LogP contribution in [0.3, 0.4) is 0 Å². The number of likely N-dealkylation sites (tertiary alicyclic amines) is 1. The second-order valence-electron chi connectivity index (χ2n) is 3.66. The first-order valence-corrected chi connectivity index (χ1v) is 4.65. The van der Waals surface area contributed by atoms with Gasteiger partial charge in [-0.1, -0.05) is 6.58 Å². The van der Waals surface area contributed by atoms with E-state index in [9.17, 15) is 4.79 Å². The van der Waals surface area contributed by atoms with Gasteiger partial charge in [-0.3, -0.25) is 4.79 Å². The number of nitrogens with zero attached hydrogens (tertiary/aromatic N) is 1. The molecule has 0 aromatic heterocycles. The summed E-state index contributed by atoms with van der Waals surface area (Å²) in [6, 6.07) is 0. The number of carbonyl (C=O) groups is 1. The van der Waals surface area contributed by atoms with Crippen LogP contribution in [0.15, 0.2) is 12.2 Å². The van der Waals surface area contributed by atoms with Crippen LogP contribution >= 0.6 is 0 Å². The molecule has 0 aromatic rings. The van der Waals surface area contributed by atoms with Gasteiger partial charge >= 0.3 is 0 Å². The highest BCUT2D eigenvalue weighted by atomic mass is 16.5. The molecule has 0 aromatic carbocycles. The summed E-state index contributed by atoms with van der Waals surface area (Å²) in [5.41, 5.74) is 1.01. The van der Waals surface area contributed by atoms with Gasteiger partial charge in [-0.05, 0) is 19.4 Å². The van der Waals surface area contributed by atoms with E-state index in [4.69, 9.17) is 4.74 Å². The van der Waals surface area contributed by atoms with Crippen LogP contribution in [-0.2, 0) is 9.53 Å². The third-order valence-electron chi connectivity index (χ3n) is 1.98. The molecule has 0 radical (unpaired) electrons. The van der Waals surface area contributed by atoms with Crippen LogP contribution in [0.1, 0.15) is 20.3 Å². The summed E-state index contributed by atoms with van der Waals surface area (Å²) >= 11 is 0. The quantitative estimate of drug-likeness (QED) is 0.613. The van der Waals surface area contributed by atoms with E-state index in [-0.39, 0.29) is 12.0 Å². The summed E-state index contributed by atoms with van der Waals surface area (Å²) in [5.74, 6) is 0.178. The minimum absolute atomic E-state index is 0.178. The van der Waals surface area contributed by atoms with Crippen LogP contribution in [0.2, 0.25) is 0 Å². The third-order valence-corrected chi connectivity index (χ3v) is 1.98. The maximum absolute atomic E-state index is 11.3. The minimum atomic E-state index is 0.178. The molecule has 0 bridgehead atoms. The van der Waals surface area contributed by atoms with Crippen LogP contribution in [0, 0.1) is 0 Å².